The molecule has 0 aliphatic carbocycles. The number of aromatic nitrogens is 2. The van der Waals surface area contributed by atoms with Crippen molar-refractivity contribution in [2.45, 2.75) is 45.8 Å². The smallest absolute Gasteiger partial charge is 0.256 e. The van der Waals surface area contributed by atoms with Crippen molar-refractivity contribution in [2.75, 3.05) is 0 Å². The van der Waals surface area contributed by atoms with Crippen molar-refractivity contribution in [3.05, 3.63) is 18.0 Å². The van der Waals surface area contributed by atoms with E-state index in [9.17, 15) is 4.79 Å². The number of aliphatic imine (C=N–C) groups is 1. The number of hydrogen-bond acceptors (Lipinski definition) is 4. The molecule has 1 atom stereocenters. The number of carbonyl (C=O) groups is 1. The second-order valence-electron chi connectivity index (χ2n) is 5.02. The van der Waals surface area contributed by atoms with Gasteiger partial charge in [0.05, 0.1) is 6.20 Å². The van der Waals surface area contributed by atoms with E-state index in [0.29, 0.717) is 5.96 Å². The summed E-state index contributed by atoms with van der Waals surface area (Å²) in [4.78, 5) is 16.2. The lowest BCUT2D eigenvalue weighted by Crippen LogP contribution is -2.40. The Morgan fingerprint density at radius 2 is 2.11 bits per heavy atom. The normalized spacial score (nSPS) is 19.3. The number of guanidine groups is 1. The second kappa shape index (κ2) is 4.80. The van der Waals surface area contributed by atoms with E-state index in [0.717, 1.165) is 5.56 Å². The van der Waals surface area contributed by atoms with Gasteiger partial charge in [-0.05, 0) is 27.7 Å². The first-order valence-corrected chi connectivity index (χ1v) is 6.16. The van der Waals surface area contributed by atoms with Crippen molar-refractivity contribution < 1.29 is 4.79 Å². The van der Waals surface area contributed by atoms with Crippen LogP contribution in [0.2, 0.25) is 0 Å². The first-order valence-electron chi connectivity index (χ1n) is 6.16. The zero-order chi connectivity index (χ0) is 13.3. The molecule has 0 spiro atoms. The minimum Gasteiger partial charge on any atom is -0.354 e. The molecule has 0 saturated carbocycles. The average molecular weight is 249 g/mol. The summed E-state index contributed by atoms with van der Waals surface area (Å²) in [6, 6.07) is 0.0281. The lowest BCUT2D eigenvalue weighted by molar-refractivity contribution is -0.120. The van der Waals surface area contributed by atoms with Gasteiger partial charge in [0.2, 0.25) is 0 Å². The van der Waals surface area contributed by atoms with Crippen LogP contribution in [0.5, 0.6) is 0 Å². The van der Waals surface area contributed by atoms with Crippen molar-refractivity contribution in [2.24, 2.45) is 4.99 Å². The van der Waals surface area contributed by atoms with Gasteiger partial charge in [-0.1, -0.05) is 0 Å². The SMILES string of the molecule is CC(C)NC1=NC(c2cnn(C(C)C)c2)C(=O)N1. The fourth-order valence-electron chi connectivity index (χ4n) is 1.75. The third kappa shape index (κ3) is 2.52. The van der Waals surface area contributed by atoms with Gasteiger partial charge < -0.3 is 5.32 Å². The van der Waals surface area contributed by atoms with E-state index in [2.05, 4.69) is 20.7 Å². The number of amides is 1. The lowest BCUT2D eigenvalue weighted by atomic mass is 10.2. The van der Waals surface area contributed by atoms with Crippen LogP contribution in [0.4, 0.5) is 0 Å². The molecule has 6 nitrogen and oxygen atoms in total. The summed E-state index contributed by atoms with van der Waals surface area (Å²) in [6.45, 7) is 8.08. The van der Waals surface area contributed by atoms with Gasteiger partial charge in [0, 0.05) is 23.8 Å². The zero-order valence-corrected chi connectivity index (χ0v) is 11.1. The molecule has 2 N–H and O–H groups in total. The van der Waals surface area contributed by atoms with E-state index in [1.807, 2.05) is 38.6 Å². The van der Waals surface area contributed by atoms with Crippen LogP contribution in [0.25, 0.3) is 0 Å². The molecule has 1 unspecified atom stereocenters. The van der Waals surface area contributed by atoms with Crippen LogP contribution in [0.15, 0.2) is 17.4 Å². The van der Waals surface area contributed by atoms with Crippen molar-refractivity contribution in [1.82, 2.24) is 20.4 Å². The molecule has 1 aliphatic rings. The molecule has 0 bridgehead atoms. The summed E-state index contributed by atoms with van der Waals surface area (Å²) in [5.74, 6) is 0.429. The van der Waals surface area contributed by atoms with Gasteiger partial charge in [0.25, 0.3) is 5.91 Å². The van der Waals surface area contributed by atoms with Gasteiger partial charge in [0.1, 0.15) is 0 Å². The van der Waals surface area contributed by atoms with Gasteiger partial charge in [-0.2, -0.15) is 5.10 Å². The molecule has 1 amide bonds. The van der Waals surface area contributed by atoms with Gasteiger partial charge >= 0.3 is 0 Å². The molecule has 1 aromatic rings. The molecule has 6 heteroatoms. The van der Waals surface area contributed by atoms with Gasteiger partial charge in [0.15, 0.2) is 12.0 Å². The maximum absolute atomic E-state index is 11.8. The summed E-state index contributed by atoms with van der Waals surface area (Å²) in [7, 11) is 0. The number of nitrogens with zero attached hydrogens (tertiary/aromatic N) is 3. The quantitative estimate of drug-likeness (QED) is 0.839. The van der Waals surface area contributed by atoms with Crippen LogP contribution in [0.1, 0.15) is 45.3 Å². The van der Waals surface area contributed by atoms with Crippen LogP contribution >= 0.6 is 0 Å². The van der Waals surface area contributed by atoms with Crippen LogP contribution in [-0.4, -0.2) is 27.7 Å². The summed E-state index contributed by atoms with van der Waals surface area (Å²) in [6.07, 6.45) is 3.57. The number of carbonyl (C=O) groups excluding carboxylic acids is 1. The molecule has 2 heterocycles. The minimum absolute atomic E-state index is 0.110. The van der Waals surface area contributed by atoms with E-state index < -0.39 is 6.04 Å². The van der Waals surface area contributed by atoms with Gasteiger partial charge in [-0.15, -0.1) is 0 Å². The highest BCUT2D eigenvalue weighted by Gasteiger charge is 2.29. The molecular weight excluding hydrogens is 230 g/mol. The Kier molecular flexibility index (Phi) is 3.36. The Morgan fingerprint density at radius 1 is 1.39 bits per heavy atom. The van der Waals surface area contributed by atoms with Gasteiger partial charge in [-0.3, -0.25) is 14.8 Å². The van der Waals surface area contributed by atoms with Crippen LogP contribution in [-0.2, 0) is 4.79 Å². The Labute approximate surface area is 106 Å². The fourth-order valence-corrected chi connectivity index (χ4v) is 1.75. The second-order valence-corrected chi connectivity index (χ2v) is 5.02. The molecule has 18 heavy (non-hydrogen) atoms. The Morgan fingerprint density at radius 3 is 2.67 bits per heavy atom. The summed E-state index contributed by atoms with van der Waals surface area (Å²) in [5, 5.41) is 10.1. The Hall–Kier alpha value is -1.85. The lowest BCUT2D eigenvalue weighted by Gasteiger charge is -2.07. The third-order valence-electron chi connectivity index (χ3n) is 2.64. The summed E-state index contributed by atoms with van der Waals surface area (Å²) >= 11 is 0. The maximum atomic E-state index is 11.8. The molecule has 1 aliphatic heterocycles. The van der Waals surface area contributed by atoms with Crippen LogP contribution < -0.4 is 10.6 Å². The zero-order valence-electron chi connectivity index (χ0n) is 11.1. The van der Waals surface area contributed by atoms with E-state index >= 15 is 0 Å². The fraction of sp³-hybridized carbons (Fsp3) is 0.583. The average Bonchev–Trinajstić information content (AvgIpc) is 2.83. The van der Waals surface area contributed by atoms with Crippen molar-refractivity contribution in [3.63, 3.8) is 0 Å². The van der Waals surface area contributed by atoms with Crippen molar-refractivity contribution >= 4 is 11.9 Å². The van der Waals surface area contributed by atoms with Gasteiger partial charge in [-0.25, -0.2) is 4.99 Å². The third-order valence-corrected chi connectivity index (χ3v) is 2.64. The highest BCUT2D eigenvalue weighted by atomic mass is 16.2. The highest BCUT2D eigenvalue weighted by molar-refractivity contribution is 6.05. The minimum atomic E-state index is -0.487. The predicted octanol–water partition coefficient (Wildman–Crippen LogP) is 0.989. The van der Waals surface area contributed by atoms with Crippen molar-refractivity contribution in [1.29, 1.82) is 0 Å². The maximum Gasteiger partial charge on any atom is 0.256 e. The first-order chi connectivity index (χ1) is 8.47. The first kappa shape index (κ1) is 12.6. The largest absolute Gasteiger partial charge is 0.354 e. The molecule has 1 aromatic heterocycles. The summed E-state index contributed by atoms with van der Waals surface area (Å²) < 4.78 is 1.83. The molecule has 0 aromatic carbocycles. The van der Waals surface area contributed by atoms with E-state index in [1.54, 1.807) is 6.20 Å². The van der Waals surface area contributed by atoms with E-state index in [1.165, 1.54) is 0 Å². The molecule has 0 radical (unpaired) electrons. The van der Waals surface area contributed by atoms with E-state index in [4.69, 9.17) is 0 Å². The topological polar surface area (TPSA) is 71.3 Å². The number of hydrogen-bond donors (Lipinski definition) is 2. The van der Waals surface area contributed by atoms with Crippen LogP contribution in [0, 0.1) is 0 Å². The molecular formula is C12H19N5O. The monoisotopic (exact) mass is 249 g/mol. The Bertz CT molecular complexity index is 475. The number of rotatable bonds is 3. The molecule has 98 valence electrons. The van der Waals surface area contributed by atoms with E-state index in [-0.39, 0.29) is 18.0 Å². The molecule has 2 rings (SSSR count). The highest BCUT2D eigenvalue weighted by Crippen LogP contribution is 2.21. The molecule has 0 fully saturated rings. The van der Waals surface area contributed by atoms with Crippen LogP contribution in [0.3, 0.4) is 0 Å². The van der Waals surface area contributed by atoms with Crippen molar-refractivity contribution in [3.8, 4) is 0 Å². The Balaban J connectivity index is 2.17. The molecule has 0 saturated heterocycles. The number of nitrogens with one attached hydrogen (secondary N) is 2. The summed E-state index contributed by atoms with van der Waals surface area (Å²) in [5.41, 5.74) is 0.821. The standard InChI is InChI=1S/C12H19N5O/c1-7(2)14-12-15-10(11(18)16-12)9-5-13-17(6-9)8(3)4/h5-8,10H,1-4H3,(H2,14,15,16,18). The predicted molar refractivity (Wildman–Crippen MR) is 69.2 cm³/mol.